The summed E-state index contributed by atoms with van der Waals surface area (Å²) in [7, 11) is 0. The third-order valence-electron chi connectivity index (χ3n) is 2.74. The highest BCUT2D eigenvalue weighted by Crippen LogP contribution is 2.19. The minimum absolute atomic E-state index is 0.0617. The summed E-state index contributed by atoms with van der Waals surface area (Å²) in [5, 5.41) is 5.72. The van der Waals surface area contributed by atoms with Gasteiger partial charge >= 0.3 is 0 Å². The van der Waals surface area contributed by atoms with Crippen LogP contribution in [0.2, 0.25) is 0 Å². The van der Waals surface area contributed by atoms with E-state index in [4.69, 9.17) is 0 Å². The predicted octanol–water partition coefficient (Wildman–Crippen LogP) is 1.72. The molecule has 96 valence electrons. The van der Waals surface area contributed by atoms with Crippen molar-refractivity contribution < 1.29 is 9.59 Å². The third kappa shape index (κ3) is 3.32. The molecular weight excluding hydrogens is 228 g/mol. The Hall–Kier alpha value is -1.84. The van der Waals surface area contributed by atoms with Crippen LogP contribution in [0, 0.1) is 0 Å². The molecule has 1 aliphatic rings. The Morgan fingerprint density at radius 3 is 2.00 bits per heavy atom. The van der Waals surface area contributed by atoms with E-state index < -0.39 is 0 Å². The summed E-state index contributed by atoms with van der Waals surface area (Å²) in [6.07, 6.45) is 2.14. The highest BCUT2D eigenvalue weighted by atomic mass is 16.2. The molecule has 2 rings (SSSR count). The zero-order valence-electron chi connectivity index (χ0n) is 10.7. The van der Waals surface area contributed by atoms with Crippen LogP contribution in [0.1, 0.15) is 47.4 Å². The molecular formula is C14H18N2O2. The van der Waals surface area contributed by atoms with Gasteiger partial charge in [-0.1, -0.05) is 0 Å². The van der Waals surface area contributed by atoms with Gasteiger partial charge in [0.05, 0.1) is 0 Å². The van der Waals surface area contributed by atoms with E-state index in [0.29, 0.717) is 17.2 Å². The second kappa shape index (κ2) is 5.21. The van der Waals surface area contributed by atoms with Crippen molar-refractivity contribution in [3.8, 4) is 0 Å². The Labute approximate surface area is 107 Å². The molecule has 1 aromatic rings. The fourth-order valence-corrected chi connectivity index (χ4v) is 1.61. The Kier molecular flexibility index (Phi) is 3.65. The summed E-state index contributed by atoms with van der Waals surface area (Å²) in [5.74, 6) is -0.174. The molecule has 0 saturated heterocycles. The second-order valence-corrected chi connectivity index (χ2v) is 4.95. The van der Waals surface area contributed by atoms with Gasteiger partial charge < -0.3 is 10.6 Å². The molecule has 0 aromatic heterocycles. The number of carbonyl (C=O) groups excluding carboxylic acids is 2. The van der Waals surface area contributed by atoms with Gasteiger partial charge in [-0.3, -0.25) is 9.59 Å². The first-order valence-electron chi connectivity index (χ1n) is 6.28. The normalized spacial score (nSPS) is 14.4. The van der Waals surface area contributed by atoms with Crippen LogP contribution < -0.4 is 10.6 Å². The maximum Gasteiger partial charge on any atom is 0.251 e. The highest BCUT2D eigenvalue weighted by molar-refractivity contribution is 5.98. The Morgan fingerprint density at radius 1 is 1.06 bits per heavy atom. The maximum absolute atomic E-state index is 11.7. The number of amides is 2. The summed E-state index contributed by atoms with van der Waals surface area (Å²) >= 11 is 0. The van der Waals surface area contributed by atoms with Crippen LogP contribution in [0.15, 0.2) is 24.3 Å². The molecule has 4 heteroatoms. The maximum atomic E-state index is 11.7. The third-order valence-corrected chi connectivity index (χ3v) is 2.74. The minimum atomic E-state index is -0.112. The van der Waals surface area contributed by atoms with E-state index in [9.17, 15) is 9.59 Å². The van der Waals surface area contributed by atoms with Crippen LogP contribution in [-0.4, -0.2) is 23.9 Å². The Bertz CT molecular complexity index is 412. The van der Waals surface area contributed by atoms with Gasteiger partial charge in [-0.15, -0.1) is 0 Å². The zero-order chi connectivity index (χ0) is 13.1. The summed E-state index contributed by atoms with van der Waals surface area (Å²) in [6.45, 7) is 3.82. The zero-order valence-corrected chi connectivity index (χ0v) is 10.7. The van der Waals surface area contributed by atoms with Crippen molar-refractivity contribution in [2.24, 2.45) is 0 Å². The predicted molar refractivity (Wildman–Crippen MR) is 69.5 cm³/mol. The number of carbonyl (C=O) groups is 2. The summed E-state index contributed by atoms with van der Waals surface area (Å²) < 4.78 is 0. The SMILES string of the molecule is CC(C)NC(=O)c1ccc(C(=O)NC2CC2)cc1. The van der Waals surface area contributed by atoms with Crippen LogP contribution in [0.25, 0.3) is 0 Å². The van der Waals surface area contributed by atoms with Crippen molar-refractivity contribution in [1.82, 2.24) is 10.6 Å². The number of nitrogens with one attached hydrogen (secondary N) is 2. The lowest BCUT2D eigenvalue weighted by atomic mass is 10.1. The van der Waals surface area contributed by atoms with E-state index in [1.165, 1.54) is 0 Å². The second-order valence-electron chi connectivity index (χ2n) is 4.95. The van der Waals surface area contributed by atoms with Crippen molar-refractivity contribution in [1.29, 1.82) is 0 Å². The van der Waals surface area contributed by atoms with Gasteiger partial charge in [-0.2, -0.15) is 0 Å². The molecule has 4 nitrogen and oxygen atoms in total. The average molecular weight is 246 g/mol. The summed E-state index contributed by atoms with van der Waals surface area (Å²) in [6, 6.07) is 7.19. The molecule has 2 N–H and O–H groups in total. The molecule has 0 atom stereocenters. The molecule has 2 amide bonds. The van der Waals surface area contributed by atoms with E-state index in [1.54, 1.807) is 24.3 Å². The summed E-state index contributed by atoms with van der Waals surface area (Å²) in [4.78, 5) is 23.5. The van der Waals surface area contributed by atoms with E-state index in [2.05, 4.69) is 10.6 Å². The van der Waals surface area contributed by atoms with Crippen molar-refractivity contribution in [2.45, 2.75) is 38.8 Å². The Morgan fingerprint density at radius 2 is 1.56 bits per heavy atom. The first-order chi connectivity index (χ1) is 8.56. The van der Waals surface area contributed by atoms with E-state index in [-0.39, 0.29) is 17.9 Å². The fourth-order valence-electron chi connectivity index (χ4n) is 1.61. The standard InChI is InChI=1S/C14H18N2O2/c1-9(2)15-13(17)10-3-5-11(6-4-10)14(18)16-12-7-8-12/h3-6,9,12H,7-8H2,1-2H3,(H,15,17)(H,16,18). The molecule has 0 heterocycles. The largest absolute Gasteiger partial charge is 0.350 e. The first-order valence-corrected chi connectivity index (χ1v) is 6.28. The monoisotopic (exact) mass is 246 g/mol. The summed E-state index contributed by atoms with van der Waals surface area (Å²) in [5.41, 5.74) is 1.18. The minimum Gasteiger partial charge on any atom is -0.350 e. The molecule has 0 bridgehead atoms. The molecule has 1 aliphatic carbocycles. The molecule has 0 spiro atoms. The lowest BCUT2D eigenvalue weighted by Gasteiger charge is -2.08. The van der Waals surface area contributed by atoms with E-state index in [0.717, 1.165) is 12.8 Å². The van der Waals surface area contributed by atoms with Crippen LogP contribution in [0.3, 0.4) is 0 Å². The molecule has 0 unspecified atom stereocenters. The van der Waals surface area contributed by atoms with Crippen LogP contribution in [-0.2, 0) is 0 Å². The molecule has 1 saturated carbocycles. The van der Waals surface area contributed by atoms with E-state index in [1.807, 2.05) is 13.8 Å². The van der Waals surface area contributed by atoms with Gasteiger partial charge in [0.15, 0.2) is 0 Å². The first kappa shape index (κ1) is 12.6. The molecule has 18 heavy (non-hydrogen) atoms. The van der Waals surface area contributed by atoms with Gasteiger partial charge in [-0.25, -0.2) is 0 Å². The fraction of sp³-hybridized carbons (Fsp3) is 0.429. The van der Waals surface area contributed by atoms with Gasteiger partial charge in [0.2, 0.25) is 0 Å². The van der Waals surface area contributed by atoms with Gasteiger partial charge in [0.25, 0.3) is 11.8 Å². The van der Waals surface area contributed by atoms with Crippen LogP contribution >= 0.6 is 0 Å². The number of rotatable bonds is 4. The number of hydrogen-bond donors (Lipinski definition) is 2. The van der Waals surface area contributed by atoms with Crippen LogP contribution in [0.4, 0.5) is 0 Å². The molecule has 1 fully saturated rings. The lowest BCUT2D eigenvalue weighted by Crippen LogP contribution is -2.30. The van der Waals surface area contributed by atoms with Gasteiger partial charge in [0.1, 0.15) is 0 Å². The Balaban J connectivity index is 1.99. The highest BCUT2D eigenvalue weighted by Gasteiger charge is 2.23. The van der Waals surface area contributed by atoms with Crippen molar-refractivity contribution in [2.75, 3.05) is 0 Å². The van der Waals surface area contributed by atoms with Gasteiger partial charge in [-0.05, 0) is 51.0 Å². The number of hydrogen-bond acceptors (Lipinski definition) is 2. The van der Waals surface area contributed by atoms with Gasteiger partial charge in [0, 0.05) is 23.2 Å². The quantitative estimate of drug-likeness (QED) is 0.849. The van der Waals surface area contributed by atoms with Crippen molar-refractivity contribution in [3.05, 3.63) is 35.4 Å². The molecule has 1 aromatic carbocycles. The van der Waals surface area contributed by atoms with Crippen molar-refractivity contribution in [3.63, 3.8) is 0 Å². The molecule has 0 radical (unpaired) electrons. The lowest BCUT2D eigenvalue weighted by molar-refractivity contribution is 0.0934. The van der Waals surface area contributed by atoms with Crippen LogP contribution in [0.5, 0.6) is 0 Å². The van der Waals surface area contributed by atoms with Crippen molar-refractivity contribution >= 4 is 11.8 Å². The smallest absolute Gasteiger partial charge is 0.251 e. The molecule has 0 aliphatic heterocycles. The topological polar surface area (TPSA) is 58.2 Å². The average Bonchev–Trinajstić information content (AvgIpc) is 3.12. The van der Waals surface area contributed by atoms with E-state index >= 15 is 0 Å². The number of benzene rings is 1.